The summed E-state index contributed by atoms with van der Waals surface area (Å²) in [4.78, 5) is 24.1. The smallest absolute Gasteiger partial charge is 0.265 e. The van der Waals surface area contributed by atoms with Crippen LogP contribution in [0.15, 0.2) is 53.4 Å². The number of Topliss-reactive ketones (excluding diaryl/α,β-unsaturated/α-hetero) is 1. The van der Waals surface area contributed by atoms with Crippen molar-refractivity contribution in [3.05, 3.63) is 54.1 Å². The molecule has 1 saturated heterocycles. The lowest BCUT2D eigenvalue weighted by atomic mass is 9.77. The zero-order valence-corrected chi connectivity index (χ0v) is 20.0. The highest BCUT2D eigenvalue weighted by Crippen LogP contribution is 2.54. The number of sulfone groups is 1. The normalized spacial score (nSPS) is 21.8. The van der Waals surface area contributed by atoms with E-state index in [1.807, 2.05) is 12.1 Å². The molecule has 1 atom stereocenters. The fourth-order valence-corrected chi connectivity index (χ4v) is 7.39. The molecule has 4 rings (SSSR count). The van der Waals surface area contributed by atoms with Crippen molar-refractivity contribution in [2.45, 2.75) is 55.1 Å². The Morgan fingerprint density at radius 1 is 0.971 bits per heavy atom. The molecule has 0 aromatic heterocycles. The molecule has 2 fully saturated rings. The number of amides is 1. The third-order valence-electron chi connectivity index (χ3n) is 7.16. The molecule has 0 bridgehead atoms. The number of carbonyl (C=O) groups is 2. The minimum absolute atomic E-state index is 0.0197. The summed E-state index contributed by atoms with van der Waals surface area (Å²) < 4.78 is 31.6. The topological polar surface area (TPSA) is 122 Å². The number of ether oxygens (including phenoxy) is 1. The van der Waals surface area contributed by atoms with Gasteiger partial charge in [-0.25, -0.2) is 13.9 Å². The number of piperidine rings is 1. The van der Waals surface area contributed by atoms with Crippen molar-refractivity contribution in [2.24, 2.45) is 5.41 Å². The highest BCUT2D eigenvalue weighted by molar-refractivity contribution is 7.93. The van der Waals surface area contributed by atoms with E-state index in [2.05, 4.69) is 5.32 Å². The number of hydrogen-bond acceptors (Lipinski definition) is 7. The van der Waals surface area contributed by atoms with Gasteiger partial charge in [-0.2, -0.15) is 0 Å². The third-order valence-corrected chi connectivity index (χ3v) is 9.62. The van der Waals surface area contributed by atoms with Crippen LogP contribution in [0, 0.1) is 5.41 Å². The number of rotatable bonds is 7. The lowest BCUT2D eigenvalue weighted by Crippen LogP contribution is -2.51. The molecule has 1 saturated carbocycles. The van der Waals surface area contributed by atoms with Gasteiger partial charge in [-0.15, -0.1) is 0 Å². The Hall–Kier alpha value is -2.75. The summed E-state index contributed by atoms with van der Waals surface area (Å²) in [6.45, 7) is 3.11. The molecule has 34 heavy (non-hydrogen) atoms. The molecule has 2 aromatic carbocycles. The van der Waals surface area contributed by atoms with Gasteiger partial charge in [-0.3, -0.25) is 14.8 Å². The van der Waals surface area contributed by atoms with Crippen LogP contribution >= 0.6 is 0 Å². The Labute approximate surface area is 199 Å². The molecule has 1 heterocycles. The van der Waals surface area contributed by atoms with Gasteiger partial charge in [0.25, 0.3) is 5.91 Å². The van der Waals surface area contributed by atoms with Crippen LogP contribution in [0.4, 0.5) is 0 Å². The number of ketones is 1. The highest BCUT2D eigenvalue weighted by Gasteiger charge is 2.60. The molecule has 1 amide bonds. The van der Waals surface area contributed by atoms with E-state index in [0.29, 0.717) is 24.3 Å². The number of hydrogen-bond donors (Lipinski definition) is 3. The third kappa shape index (κ3) is 4.60. The van der Waals surface area contributed by atoms with Crippen LogP contribution in [-0.2, 0) is 25.8 Å². The monoisotopic (exact) mass is 486 g/mol. The minimum Gasteiger partial charge on any atom is -0.457 e. The summed E-state index contributed by atoms with van der Waals surface area (Å²) in [5.41, 5.74) is 2.29. The Kier molecular flexibility index (Phi) is 6.80. The van der Waals surface area contributed by atoms with Crippen LogP contribution in [0.5, 0.6) is 11.5 Å². The first-order valence-electron chi connectivity index (χ1n) is 11.5. The molecular formula is C25H30N2O6S. The first kappa shape index (κ1) is 24.4. The number of benzene rings is 2. The maximum absolute atomic E-state index is 13.7. The molecule has 8 nitrogen and oxygen atoms in total. The summed E-state index contributed by atoms with van der Waals surface area (Å²) in [5.74, 6) is 0.211. The zero-order chi connectivity index (χ0) is 24.4. The molecular weight excluding hydrogens is 456 g/mol. The predicted octanol–water partition coefficient (Wildman–Crippen LogP) is 3.18. The van der Waals surface area contributed by atoms with Crippen LogP contribution in [0.1, 0.15) is 44.6 Å². The molecule has 0 radical (unpaired) electrons. The highest BCUT2D eigenvalue weighted by atomic mass is 32.2. The van der Waals surface area contributed by atoms with Gasteiger partial charge in [-0.05, 0) is 99.5 Å². The molecule has 3 N–H and O–H groups in total. The maximum atomic E-state index is 13.7. The van der Waals surface area contributed by atoms with Gasteiger partial charge in [0.2, 0.25) is 0 Å². The minimum atomic E-state index is -4.07. The summed E-state index contributed by atoms with van der Waals surface area (Å²) in [5, 5.41) is 12.7. The lowest BCUT2D eigenvalue weighted by molar-refractivity contribution is -0.132. The van der Waals surface area contributed by atoms with Crippen LogP contribution in [-0.4, -0.2) is 43.2 Å². The van der Waals surface area contributed by atoms with E-state index >= 15 is 0 Å². The second-order valence-corrected chi connectivity index (χ2v) is 11.7. The molecule has 9 heteroatoms. The Morgan fingerprint density at radius 3 is 2.12 bits per heavy atom. The summed E-state index contributed by atoms with van der Waals surface area (Å²) in [6, 6.07) is 13.1. The second kappa shape index (κ2) is 9.48. The van der Waals surface area contributed by atoms with E-state index in [1.54, 1.807) is 29.7 Å². The van der Waals surface area contributed by atoms with E-state index in [4.69, 9.17) is 4.74 Å². The van der Waals surface area contributed by atoms with Gasteiger partial charge in [0.15, 0.2) is 14.6 Å². The lowest BCUT2D eigenvalue weighted by Gasteiger charge is -2.36. The van der Waals surface area contributed by atoms with Gasteiger partial charge in [0.1, 0.15) is 17.3 Å². The largest absolute Gasteiger partial charge is 0.457 e. The standard InChI is InChI=1S/C25H30N2O6S/c1-18(28)16-19-2-4-20(5-3-19)33-21-6-8-22(9-7-21)34(31,32)25(23(29)27-30)11-10-24(17-25)12-14-26-15-13-24/h2-9,26,30H,10-17H2,1H3,(H,27,29). The van der Waals surface area contributed by atoms with E-state index in [-0.39, 0.29) is 28.9 Å². The average Bonchev–Trinajstić information content (AvgIpc) is 3.21. The van der Waals surface area contributed by atoms with Crippen molar-refractivity contribution < 1.29 is 28.0 Å². The van der Waals surface area contributed by atoms with Crippen LogP contribution in [0.2, 0.25) is 0 Å². The van der Waals surface area contributed by atoms with Gasteiger partial charge < -0.3 is 10.1 Å². The quantitative estimate of drug-likeness (QED) is 0.406. The number of nitrogens with one attached hydrogen (secondary N) is 2. The van der Waals surface area contributed by atoms with Crippen LogP contribution in [0.25, 0.3) is 0 Å². The summed E-state index contributed by atoms with van der Waals surface area (Å²) >= 11 is 0. The summed E-state index contributed by atoms with van der Waals surface area (Å²) in [6.07, 6.45) is 2.96. The molecule has 1 aliphatic carbocycles. The first-order chi connectivity index (χ1) is 16.2. The van der Waals surface area contributed by atoms with E-state index in [0.717, 1.165) is 31.5 Å². The van der Waals surface area contributed by atoms with Gasteiger partial charge in [-0.1, -0.05) is 12.1 Å². The molecule has 2 aliphatic rings. The Bertz CT molecular complexity index is 1150. The average molecular weight is 487 g/mol. The van der Waals surface area contributed by atoms with Gasteiger partial charge in [0, 0.05) is 6.42 Å². The molecule has 182 valence electrons. The summed E-state index contributed by atoms with van der Waals surface area (Å²) in [7, 11) is -4.07. The van der Waals surface area contributed by atoms with Crippen molar-refractivity contribution in [1.82, 2.24) is 10.8 Å². The molecule has 1 aliphatic heterocycles. The first-order valence-corrected chi connectivity index (χ1v) is 12.9. The van der Waals surface area contributed by atoms with Crippen molar-refractivity contribution in [3.63, 3.8) is 0 Å². The van der Waals surface area contributed by atoms with Crippen molar-refractivity contribution in [2.75, 3.05) is 13.1 Å². The zero-order valence-electron chi connectivity index (χ0n) is 19.2. The van der Waals surface area contributed by atoms with E-state index in [9.17, 15) is 23.2 Å². The van der Waals surface area contributed by atoms with Crippen molar-refractivity contribution in [3.8, 4) is 11.5 Å². The SMILES string of the molecule is CC(=O)Cc1ccc(Oc2ccc(S(=O)(=O)C3(C(=O)NO)CCC4(CCNCC4)C3)cc2)cc1. The van der Waals surface area contributed by atoms with E-state index < -0.39 is 20.5 Å². The number of hydroxylamine groups is 1. The van der Waals surface area contributed by atoms with E-state index in [1.165, 1.54) is 19.1 Å². The second-order valence-electron chi connectivity index (χ2n) is 9.46. The van der Waals surface area contributed by atoms with Crippen molar-refractivity contribution in [1.29, 1.82) is 0 Å². The molecule has 1 unspecified atom stereocenters. The maximum Gasteiger partial charge on any atom is 0.265 e. The fraction of sp³-hybridized carbons (Fsp3) is 0.440. The van der Waals surface area contributed by atoms with Crippen LogP contribution in [0.3, 0.4) is 0 Å². The predicted molar refractivity (Wildman–Crippen MR) is 126 cm³/mol. The molecule has 2 aromatic rings. The van der Waals surface area contributed by atoms with Gasteiger partial charge in [0.05, 0.1) is 4.90 Å². The Balaban J connectivity index is 1.55. The molecule has 1 spiro atoms. The Morgan fingerprint density at radius 2 is 1.56 bits per heavy atom. The van der Waals surface area contributed by atoms with Crippen molar-refractivity contribution >= 4 is 21.5 Å². The fourth-order valence-electron chi connectivity index (χ4n) is 5.29. The van der Waals surface area contributed by atoms with Gasteiger partial charge >= 0.3 is 0 Å². The van der Waals surface area contributed by atoms with Crippen LogP contribution < -0.4 is 15.5 Å². The number of carbonyl (C=O) groups excluding carboxylic acids is 2.